The van der Waals surface area contributed by atoms with E-state index in [0.717, 1.165) is 50.9 Å². The Morgan fingerprint density at radius 3 is 2.61 bits per heavy atom. The van der Waals surface area contributed by atoms with Crippen LogP contribution in [0.1, 0.15) is 47.6 Å². The monoisotopic (exact) mass is 460 g/mol. The molecule has 31 heavy (non-hydrogen) atoms. The van der Waals surface area contributed by atoms with Crippen molar-refractivity contribution in [2.75, 3.05) is 19.8 Å². The summed E-state index contributed by atoms with van der Waals surface area (Å²) in [4.78, 5) is 17.2. The van der Waals surface area contributed by atoms with Crippen molar-refractivity contribution in [2.24, 2.45) is 5.92 Å². The molecule has 4 rings (SSSR count). The fraction of sp³-hybridized carbons (Fsp3) is 0.650. The van der Waals surface area contributed by atoms with Gasteiger partial charge in [0.2, 0.25) is 0 Å². The number of ether oxygens (including phenoxy) is 1. The molecule has 172 valence electrons. The highest BCUT2D eigenvalue weighted by Crippen LogP contribution is 2.34. The first-order valence-electron chi connectivity index (χ1n) is 10.3. The molecule has 1 unspecified atom stereocenters. The molecule has 0 amide bonds. The Morgan fingerprint density at radius 1 is 1.35 bits per heavy atom. The summed E-state index contributed by atoms with van der Waals surface area (Å²) in [5, 5.41) is 11.7. The second kappa shape index (κ2) is 10.1. The predicted octanol–water partition coefficient (Wildman–Crippen LogP) is 3.83. The number of aliphatic carboxylic acids is 1. The fourth-order valence-corrected chi connectivity index (χ4v) is 4.33. The summed E-state index contributed by atoms with van der Waals surface area (Å²) in [6, 6.07) is 0.302. The molecule has 11 heteroatoms. The molecule has 1 N–H and O–H groups in total. The number of rotatable bonds is 7. The van der Waals surface area contributed by atoms with Crippen molar-refractivity contribution in [3.63, 3.8) is 0 Å². The molecule has 0 radical (unpaired) electrons. The van der Waals surface area contributed by atoms with Gasteiger partial charge in [-0.05, 0) is 44.6 Å². The number of halogens is 3. The Kier molecular flexibility index (Phi) is 7.71. The number of fused-ring (bicyclic) bond motifs is 1. The van der Waals surface area contributed by atoms with Gasteiger partial charge in [-0.3, -0.25) is 9.58 Å². The number of thiazole rings is 1. The minimum atomic E-state index is -5.08. The Balaban J connectivity index is 0.000000339. The van der Waals surface area contributed by atoms with Crippen molar-refractivity contribution in [1.29, 1.82) is 0 Å². The van der Waals surface area contributed by atoms with E-state index in [1.165, 1.54) is 29.0 Å². The summed E-state index contributed by atoms with van der Waals surface area (Å²) in [6.45, 7) is 8.91. The maximum atomic E-state index is 10.6. The van der Waals surface area contributed by atoms with Crippen LogP contribution in [0.3, 0.4) is 0 Å². The van der Waals surface area contributed by atoms with Crippen LogP contribution in [-0.2, 0) is 29.0 Å². The highest BCUT2D eigenvalue weighted by Gasteiger charge is 2.38. The maximum Gasteiger partial charge on any atom is 0.490 e. The second-order valence-electron chi connectivity index (χ2n) is 7.75. The van der Waals surface area contributed by atoms with Crippen LogP contribution in [0.4, 0.5) is 13.2 Å². The SMILES string of the molecule is CCn1ncc2c1C(COCC1CC1)N(Cc1scnc1C)CC2.O=C(O)C(F)(F)F. The van der Waals surface area contributed by atoms with Gasteiger partial charge in [-0.2, -0.15) is 18.3 Å². The van der Waals surface area contributed by atoms with Gasteiger partial charge in [-0.1, -0.05) is 0 Å². The molecule has 0 aromatic carbocycles. The van der Waals surface area contributed by atoms with E-state index in [9.17, 15) is 13.2 Å². The molecule has 1 aliphatic carbocycles. The molecule has 2 aromatic rings. The number of hydrogen-bond donors (Lipinski definition) is 1. The lowest BCUT2D eigenvalue weighted by Gasteiger charge is -2.36. The second-order valence-corrected chi connectivity index (χ2v) is 8.69. The summed E-state index contributed by atoms with van der Waals surface area (Å²) < 4.78 is 40.0. The van der Waals surface area contributed by atoms with Crippen LogP contribution in [0.2, 0.25) is 0 Å². The number of nitrogens with zero attached hydrogens (tertiary/aromatic N) is 4. The maximum absolute atomic E-state index is 10.6. The van der Waals surface area contributed by atoms with Gasteiger partial charge in [-0.15, -0.1) is 11.3 Å². The number of aryl methyl sites for hydroxylation is 2. The largest absolute Gasteiger partial charge is 0.490 e. The molecule has 0 bridgehead atoms. The van der Waals surface area contributed by atoms with E-state index >= 15 is 0 Å². The van der Waals surface area contributed by atoms with Crippen LogP contribution in [-0.4, -0.2) is 56.7 Å². The first-order valence-corrected chi connectivity index (χ1v) is 11.1. The average Bonchev–Trinajstić information content (AvgIpc) is 3.30. The van der Waals surface area contributed by atoms with E-state index < -0.39 is 12.1 Å². The minimum Gasteiger partial charge on any atom is -0.475 e. The molecule has 7 nitrogen and oxygen atoms in total. The molecular weight excluding hydrogens is 433 g/mol. The highest BCUT2D eigenvalue weighted by molar-refractivity contribution is 7.09. The highest BCUT2D eigenvalue weighted by atomic mass is 32.1. The van der Waals surface area contributed by atoms with Gasteiger partial charge in [0, 0.05) is 31.1 Å². The first kappa shape index (κ1) is 23.7. The summed E-state index contributed by atoms with van der Waals surface area (Å²) in [5.41, 5.74) is 5.87. The molecule has 3 heterocycles. The summed E-state index contributed by atoms with van der Waals surface area (Å²) in [6.07, 6.45) is 0.730. The van der Waals surface area contributed by atoms with Crippen LogP contribution < -0.4 is 0 Å². The Morgan fingerprint density at radius 2 is 2.06 bits per heavy atom. The zero-order valence-corrected chi connectivity index (χ0v) is 18.4. The molecule has 1 saturated carbocycles. The standard InChI is InChI=1S/C18H26N4OS.C2HF3O2/c1-3-22-18-15(8-20-22)6-7-21(9-17-13(2)19-12-24-17)16(18)11-23-10-14-4-5-14;3-2(4,5)1(6)7/h8,12,14,16H,3-7,9-11H2,1-2H3;(H,6,7). The quantitative estimate of drug-likeness (QED) is 0.677. The third-order valence-corrected chi connectivity index (χ3v) is 6.36. The van der Waals surface area contributed by atoms with Gasteiger partial charge in [0.05, 0.1) is 35.7 Å². The van der Waals surface area contributed by atoms with E-state index in [1.54, 1.807) is 11.3 Å². The van der Waals surface area contributed by atoms with Crippen LogP contribution >= 0.6 is 11.3 Å². The predicted molar refractivity (Wildman–Crippen MR) is 109 cm³/mol. The smallest absolute Gasteiger partial charge is 0.475 e. The number of alkyl halides is 3. The minimum absolute atomic E-state index is 0.302. The normalized spacial score (nSPS) is 18.9. The lowest BCUT2D eigenvalue weighted by molar-refractivity contribution is -0.192. The number of hydrogen-bond acceptors (Lipinski definition) is 6. The Bertz CT molecular complexity index is 866. The van der Waals surface area contributed by atoms with Crippen molar-refractivity contribution >= 4 is 17.3 Å². The average molecular weight is 461 g/mol. The van der Waals surface area contributed by atoms with Gasteiger partial charge < -0.3 is 9.84 Å². The van der Waals surface area contributed by atoms with Crippen LogP contribution in [0.25, 0.3) is 0 Å². The lowest BCUT2D eigenvalue weighted by atomic mass is 10.00. The van der Waals surface area contributed by atoms with Crippen molar-refractivity contribution in [2.45, 2.75) is 58.4 Å². The van der Waals surface area contributed by atoms with E-state index in [-0.39, 0.29) is 0 Å². The zero-order chi connectivity index (χ0) is 22.6. The van der Waals surface area contributed by atoms with Gasteiger partial charge in [-0.25, -0.2) is 9.78 Å². The van der Waals surface area contributed by atoms with Gasteiger partial charge in [0.25, 0.3) is 0 Å². The number of aromatic nitrogens is 3. The Labute approximate surface area is 182 Å². The number of carbonyl (C=O) groups is 1. The summed E-state index contributed by atoms with van der Waals surface area (Å²) >= 11 is 1.76. The van der Waals surface area contributed by atoms with Gasteiger partial charge in [0.1, 0.15) is 0 Å². The van der Waals surface area contributed by atoms with Crippen molar-refractivity contribution in [1.82, 2.24) is 19.7 Å². The lowest BCUT2D eigenvalue weighted by Crippen LogP contribution is -2.38. The third kappa shape index (κ3) is 6.27. The topological polar surface area (TPSA) is 80.5 Å². The fourth-order valence-electron chi connectivity index (χ4n) is 3.52. The van der Waals surface area contributed by atoms with Crippen LogP contribution in [0, 0.1) is 12.8 Å². The van der Waals surface area contributed by atoms with E-state index in [0.29, 0.717) is 6.04 Å². The molecule has 1 fully saturated rings. The Hall–Kier alpha value is -1.98. The molecule has 0 spiro atoms. The van der Waals surface area contributed by atoms with Gasteiger partial charge in [0.15, 0.2) is 0 Å². The number of carboxylic acids is 1. The molecular formula is C20H27F3N4O3S. The van der Waals surface area contributed by atoms with Crippen molar-refractivity contribution in [3.05, 3.63) is 33.5 Å². The molecule has 2 aromatic heterocycles. The number of carboxylic acid groups (broad SMARTS) is 1. The van der Waals surface area contributed by atoms with E-state index in [2.05, 4.69) is 39.7 Å². The van der Waals surface area contributed by atoms with Crippen LogP contribution in [0.5, 0.6) is 0 Å². The zero-order valence-electron chi connectivity index (χ0n) is 17.6. The van der Waals surface area contributed by atoms with Gasteiger partial charge >= 0.3 is 12.1 Å². The molecule has 0 saturated heterocycles. The van der Waals surface area contributed by atoms with E-state index in [1.807, 2.05) is 5.51 Å². The molecule has 2 aliphatic rings. The summed E-state index contributed by atoms with van der Waals surface area (Å²) in [7, 11) is 0. The first-order chi connectivity index (χ1) is 14.7. The molecule has 1 aliphatic heterocycles. The van der Waals surface area contributed by atoms with Crippen molar-refractivity contribution < 1.29 is 27.8 Å². The summed E-state index contributed by atoms with van der Waals surface area (Å²) in [5.74, 6) is -1.95. The third-order valence-electron chi connectivity index (χ3n) is 5.44. The van der Waals surface area contributed by atoms with Crippen LogP contribution in [0.15, 0.2) is 11.7 Å². The van der Waals surface area contributed by atoms with Crippen molar-refractivity contribution in [3.8, 4) is 0 Å². The molecule has 1 atom stereocenters. The van der Waals surface area contributed by atoms with E-state index in [4.69, 9.17) is 14.6 Å².